The number of rotatable bonds is 3. The van der Waals surface area contributed by atoms with Crippen LogP contribution >= 0.6 is 11.6 Å². The highest BCUT2D eigenvalue weighted by Gasteiger charge is 2.47. The largest absolute Gasteiger partial charge is 0.327 e. The van der Waals surface area contributed by atoms with Crippen LogP contribution in [0.1, 0.15) is 12.8 Å². The maximum Gasteiger partial charge on any atom is 0.327 e. The van der Waals surface area contributed by atoms with E-state index in [1.54, 1.807) is 24.3 Å². The van der Waals surface area contributed by atoms with Gasteiger partial charge in [0.05, 0.1) is 0 Å². The fraction of sp³-hybridized carbons (Fsp3) is 0.357. The van der Waals surface area contributed by atoms with E-state index in [1.165, 1.54) is 4.90 Å². The van der Waals surface area contributed by atoms with Crippen molar-refractivity contribution >= 4 is 35.1 Å². The highest BCUT2D eigenvalue weighted by molar-refractivity contribution is 6.30. The Morgan fingerprint density at radius 1 is 1.38 bits per heavy atom. The summed E-state index contributed by atoms with van der Waals surface area (Å²) in [4.78, 5) is 38.7. The van der Waals surface area contributed by atoms with Crippen molar-refractivity contribution in [1.29, 1.82) is 0 Å². The van der Waals surface area contributed by atoms with Gasteiger partial charge >= 0.3 is 6.03 Å². The van der Waals surface area contributed by atoms with Gasteiger partial charge in [-0.1, -0.05) is 17.7 Å². The second-order valence-corrected chi connectivity index (χ2v) is 5.55. The van der Waals surface area contributed by atoms with E-state index in [-0.39, 0.29) is 24.5 Å². The van der Waals surface area contributed by atoms with Gasteiger partial charge in [0.15, 0.2) is 0 Å². The molecule has 2 aliphatic rings. The summed E-state index contributed by atoms with van der Waals surface area (Å²) in [5, 5.41) is 3.13. The van der Waals surface area contributed by atoms with Gasteiger partial charge in [0.25, 0.3) is 5.91 Å². The van der Waals surface area contributed by atoms with Gasteiger partial charge in [0, 0.05) is 17.3 Å². The minimum Gasteiger partial charge on any atom is -0.324 e. The van der Waals surface area contributed by atoms with Crippen LogP contribution in [0.5, 0.6) is 0 Å². The average Bonchev–Trinajstić information content (AvgIpc) is 2.99. The SMILES string of the molecule is O=C(CN1C(=O)C2CCCN2C1=O)Nc1cccc(Cl)c1. The standard InChI is InChI=1S/C14H14ClN3O3/c15-9-3-1-4-10(7-9)16-12(19)8-18-13(20)11-5-2-6-17(11)14(18)21/h1,3-4,7,11H,2,5-6,8H2,(H,16,19). The number of amides is 4. The van der Waals surface area contributed by atoms with Gasteiger partial charge in [0.2, 0.25) is 5.91 Å². The number of nitrogens with one attached hydrogen (secondary N) is 1. The molecule has 1 aromatic rings. The van der Waals surface area contributed by atoms with Crippen LogP contribution in [-0.2, 0) is 9.59 Å². The molecule has 21 heavy (non-hydrogen) atoms. The summed E-state index contributed by atoms with van der Waals surface area (Å²) in [5.41, 5.74) is 0.534. The fourth-order valence-electron chi connectivity index (χ4n) is 2.74. The molecule has 1 unspecified atom stereocenters. The monoisotopic (exact) mass is 307 g/mol. The van der Waals surface area contributed by atoms with Gasteiger partial charge in [-0.25, -0.2) is 4.79 Å². The highest BCUT2D eigenvalue weighted by Crippen LogP contribution is 2.27. The smallest absolute Gasteiger partial charge is 0.324 e. The molecule has 0 aromatic heterocycles. The van der Waals surface area contributed by atoms with Gasteiger partial charge in [-0.15, -0.1) is 0 Å². The molecule has 1 N–H and O–H groups in total. The molecule has 1 aromatic carbocycles. The molecule has 110 valence electrons. The van der Waals surface area contributed by atoms with Crippen LogP contribution in [-0.4, -0.2) is 46.8 Å². The van der Waals surface area contributed by atoms with Crippen molar-refractivity contribution in [2.24, 2.45) is 0 Å². The lowest BCUT2D eigenvalue weighted by atomic mass is 10.2. The second kappa shape index (κ2) is 5.37. The molecule has 0 radical (unpaired) electrons. The number of hydrogen-bond donors (Lipinski definition) is 1. The lowest BCUT2D eigenvalue weighted by molar-refractivity contribution is -0.131. The van der Waals surface area contributed by atoms with Gasteiger partial charge in [-0.2, -0.15) is 0 Å². The van der Waals surface area contributed by atoms with Crippen molar-refractivity contribution in [2.75, 3.05) is 18.4 Å². The Kier molecular flexibility index (Phi) is 3.55. The second-order valence-electron chi connectivity index (χ2n) is 5.12. The van der Waals surface area contributed by atoms with Crippen LogP contribution in [0, 0.1) is 0 Å². The molecule has 1 atom stereocenters. The van der Waals surface area contributed by atoms with E-state index in [0.717, 1.165) is 11.3 Å². The molecule has 0 spiro atoms. The highest BCUT2D eigenvalue weighted by atomic mass is 35.5. The van der Waals surface area contributed by atoms with Crippen LogP contribution in [0.2, 0.25) is 5.02 Å². The fourth-order valence-corrected chi connectivity index (χ4v) is 2.93. The summed E-state index contributed by atoms with van der Waals surface area (Å²) in [5.74, 6) is -0.695. The topological polar surface area (TPSA) is 69.7 Å². The molecule has 0 aliphatic carbocycles. The Hall–Kier alpha value is -2.08. The lowest BCUT2D eigenvalue weighted by Crippen LogP contribution is -2.39. The zero-order valence-corrected chi connectivity index (χ0v) is 12.0. The molecule has 7 heteroatoms. The van der Waals surface area contributed by atoms with Crippen LogP contribution in [0.25, 0.3) is 0 Å². The Balaban J connectivity index is 1.65. The van der Waals surface area contributed by atoms with E-state index >= 15 is 0 Å². The summed E-state index contributed by atoms with van der Waals surface area (Å²) in [7, 11) is 0. The first-order valence-electron chi connectivity index (χ1n) is 6.73. The molecule has 0 saturated carbocycles. The molecule has 2 fully saturated rings. The molecule has 6 nitrogen and oxygen atoms in total. The minimum atomic E-state index is -0.417. The van der Waals surface area contributed by atoms with Crippen molar-refractivity contribution in [3.05, 3.63) is 29.3 Å². The summed E-state index contributed by atoms with van der Waals surface area (Å²) in [6.07, 6.45) is 1.52. The minimum absolute atomic E-state index is 0.267. The van der Waals surface area contributed by atoms with Gasteiger partial charge in [0.1, 0.15) is 12.6 Å². The van der Waals surface area contributed by atoms with Gasteiger partial charge < -0.3 is 10.2 Å². The zero-order chi connectivity index (χ0) is 15.0. The van der Waals surface area contributed by atoms with Crippen LogP contribution in [0.15, 0.2) is 24.3 Å². The van der Waals surface area contributed by atoms with E-state index in [0.29, 0.717) is 23.7 Å². The third-order valence-corrected chi connectivity index (χ3v) is 3.93. The summed E-state index contributed by atoms with van der Waals surface area (Å²) in [6.45, 7) is 0.318. The summed E-state index contributed by atoms with van der Waals surface area (Å²) in [6, 6.07) is 5.95. The number of nitrogens with zero attached hydrogens (tertiary/aromatic N) is 2. The average molecular weight is 308 g/mol. The Morgan fingerprint density at radius 2 is 2.19 bits per heavy atom. The zero-order valence-electron chi connectivity index (χ0n) is 11.2. The molecular weight excluding hydrogens is 294 g/mol. The van der Waals surface area contributed by atoms with Crippen LogP contribution in [0.3, 0.4) is 0 Å². The van der Waals surface area contributed by atoms with Crippen molar-refractivity contribution in [3.8, 4) is 0 Å². The third-order valence-electron chi connectivity index (χ3n) is 3.69. The number of carbonyl (C=O) groups is 3. The molecule has 2 heterocycles. The molecule has 3 rings (SSSR count). The van der Waals surface area contributed by atoms with E-state index in [1.807, 2.05) is 0 Å². The third kappa shape index (κ3) is 2.58. The molecule has 2 aliphatic heterocycles. The lowest BCUT2D eigenvalue weighted by Gasteiger charge is -2.15. The number of hydrogen-bond acceptors (Lipinski definition) is 3. The van der Waals surface area contributed by atoms with E-state index < -0.39 is 5.91 Å². The number of halogens is 1. The number of fused-ring (bicyclic) bond motifs is 1. The maximum atomic E-state index is 12.1. The van der Waals surface area contributed by atoms with E-state index in [9.17, 15) is 14.4 Å². The quantitative estimate of drug-likeness (QED) is 0.864. The van der Waals surface area contributed by atoms with Crippen molar-refractivity contribution in [1.82, 2.24) is 9.80 Å². The molecule has 2 saturated heterocycles. The number of benzene rings is 1. The normalized spacial score (nSPS) is 20.9. The first-order valence-corrected chi connectivity index (χ1v) is 7.11. The van der Waals surface area contributed by atoms with Gasteiger partial charge in [-0.3, -0.25) is 14.5 Å². The predicted molar refractivity (Wildman–Crippen MR) is 76.9 cm³/mol. The van der Waals surface area contributed by atoms with E-state index in [4.69, 9.17) is 11.6 Å². The first kappa shape index (κ1) is 13.9. The Morgan fingerprint density at radius 3 is 2.90 bits per heavy atom. The molecule has 0 bridgehead atoms. The van der Waals surface area contributed by atoms with Crippen molar-refractivity contribution in [3.63, 3.8) is 0 Å². The van der Waals surface area contributed by atoms with Gasteiger partial charge in [-0.05, 0) is 31.0 Å². The van der Waals surface area contributed by atoms with Crippen LogP contribution in [0.4, 0.5) is 10.5 Å². The Labute approximate surface area is 126 Å². The maximum absolute atomic E-state index is 12.1. The molecular formula is C14H14ClN3O3. The molecule has 4 amide bonds. The number of carbonyl (C=O) groups excluding carboxylic acids is 3. The number of anilines is 1. The van der Waals surface area contributed by atoms with Crippen LogP contribution < -0.4 is 5.32 Å². The van der Waals surface area contributed by atoms with Crippen molar-refractivity contribution < 1.29 is 14.4 Å². The Bertz CT molecular complexity index is 597. The van der Waals surface area contributed by atoms with E-state index in [2.05, 4.69) is 5.32 Å². The number of urea groups is 1. The predicted octanol–water partition coefficient (Wildman–Crippen LogP) is 1.71. The summed E-state index contributed by atoms with van der Waals surface area (Å²) >= 11 is 5.83. The summed E-state index contributed by atoms with van der Waals surface area (Å²) < 4.78 is 0. The number of imide groups is 1. The first-order chi connectivity index (χ1) is 10.1. The van der Waals surface area contributed by atoms with Crippen molar-refractivity contribution in [2.45, 2.75) is 18.9 Å².